The van der Waals surface area contributed by atoms with Crippen LogP contribution in [0.1, 0.15) is 44.3 Å². The molecule has 1 aromatic carbocycles. The zero-order chi connectivity index (χ0) is 24.8. The zero-order valence-electron chi connectivity index (χ0n) is 19.6. The Morgan fingerprint density at radius 1 is 0.972 bits per heavy atom. The Morgan fingerprint density at radius 3 is 2.25 bits per heavy atom. The summed E-state index contributed by atoms with van der Waals surface area (Å²) in [6.45, 7) is 0. The molecule has 2 N–H and O–H groups in total. The van der Waals surface area contributed by atoms with E-state index in [4.69, 9.17) is 4.42 Å². The Kier molecular flexibility index (Phi) is 5.63. The maximum Gasteiger partial charge on any atom is 0.264 e. The highest BCUT2D eigenvalue weighted by Gasteiger charge is 2.54. The van der Waals surface area contributed by atoms with Gasteiger partial charge in [-0.1, -0.05) is 0 Å². The van der Waals surface area contributed by atoms with Crippen molar-refractivity contribution in [3.8, 4) is 11.3 Å². The van der Waals surface area contributed by atoms with Gasteiger partial charge in [0.1, 0.15) is 11.5 Å². The Balaban J connectivity index is 1.09. The number of furan rings is 1. The standard InChI is InChI=1S/C26H27N5O4S/c32-24(26-13-17-10-18(14-26)12-19(11-17)15-26)30-29-16-21-4-7-23(35-21)20-2-5-22(6-3-20)36(33,34)31-25-27-8-1-9-28-25/h1-9,16-19H,10-15H2,(H,30,32)(H,27,28,31). The minimum absolute atomic E-state index is 0.00632. The number of hydrogen-bond donors (Lipinski definition) is 2. The summed E-state index contributed by atoms with van der Waals surface area (Å²) in [7, 11) is -3.81. The molecule has 0 spiro atoms. The molecule has 7 rings (SSSR count). The molecule has 10 heteroatoms. The highest BCUT2D eigenvalue weighted by Crippen LogP contribution is 2.60. The third kappa shape index (κ3) is 4.41. The van der Waals surface area contributed by atoms with Crippen LogP contribution < -0.4 is 10.1 Å². The predicted octanol–water partition coefficient (Wildman–Crippen LogP) is 4.20. The predicted molar refractivity (Wildman–Crippen MR) is 133 cm³/mol. The van der Waals surface area contributed by atoms with E-state index in [-0.39, 0.29) is 22.2 Å². The van der Waals surface area contributed by atoms with E-state index in [2.05, 4.69) is 25.2 Å². The lowest BCUT2D eigenvalue weighted by Crippen LogP contribution is -2.52. The van der Waals surface area contributed by atoms with Gasteiger partial charge in [0.05, 0.1) is 16.5 Å². The number of hydrazone groups is 1. The van der Waals surface area contributed by atoms with Gasteiger partial charge >= 0.3 is 0 Å². The maximum absolute atomic E-state index is 13.0. The number of sulfonamides is 1. The van der Waals surface area contributed by atoms with E-state index >= 15 is 0 Å². The van der Waals surface area contributed by atoms with Crippen LogP contribution in [0.25, 0.3) is 11.3 Å². The van der Waals surface area contributed by atoms with E-state index in [1.165, 1.54) is 50.0 Å². The maximum atomic E-state index is 13.0. The molecular formula is C26H27N5O4S. The van der Waals surface area contributed by atoms with Crippen LogP contribution in [0.5, 0.6) is 0 Å². The first kappa shape index (κ1) is 22.9. The van der Waals surface area contributed by atoms with Gasteiger partial charge in [0.25, 0.3) is 10.0 Å². The molecule has 0 atom stereocenters. The van der Waals surface area contributed by atoms with Crippen LogP contribution in [0.3, 0.4) is 0 Å². The van der Waals surface area contributed by atoms with Crippen molar-refractivity contribution in [3.63, 3.8) is 0 Å². The second kappa shape index (κ2) is 8.85. The topological polar surface area (TPSA) is 127 Å². The summed E-state index contributed by atoms with van der Waals surface area (Å²) in [5.74, 6) is 3.19. The molecule has 0 aliphatic heterocycles. The van der Waals surface area contributed by atoms with Gasteiger partial charge in [-0.25, -0.2) is 28.5 Å². The monoisotopic (exact) mass is 505 g/mol. The molecule has 2 heterocycles. The fourth-order valence-corrected chi connectivity index (χ4v) is 7.53. The van der Waals surface area contributed by atoms with Crippen LogP contribution in [-0.4, -0.2) is 30.5 Å². The van der Waals surface area contributed by atoms with Crippen molar-refractivity contribution < 1.29 is 17.6 Å². The Bertz CT molecular complexity index is 1360. The van der Waals surface area contributed by atoms with Gasteiger partial charge in [0, 0.05) is 18.0 Å². The molecule has 4 bridgehead atoms. The first-order valence-electron chi connectivity index (χ1n) is 12.2. The lowest BCUT2D eigenvalue weighted by Gasteiger charge is -2.55. The van der Waals surface area contributed by atoms with E-state index < -0.39 is 10.0 Å². The van der Waals surface area contributed by atoms with Crippen LogP contribution in [0.2, 0.25) is 0 Å². The van der Waals surface area contributed by atoms with Crippen LogP contribution >= 0.6 is 0 Å². The molecule has 3 aromatic rings. The summed E-state index contributed by atoms with van der Waals surface area (Å²) < 4.78 is 33.3. The highest BCUT2D eigenvalue weighted by atomic mass is 32.2. The minimum atomic E-state index is -3.81. The normalized spacial score (nSPS) is 26.8. The van der Waals surface area contributed by atoms with Crippen molar-refractivity contribution in [1.82, 2.24) is 15.4 Å². The number of carbonyl (C=O) groups is 1. The van der Waals surface area contributed by atoms with E-state index in [0.29, 0.717) is 34.8 Å². The number of carbonyl (C=O) groups excluding carboxylic acids is 1. The van der Waals surface area contributed by atoms with Crippen molar-refractivity contribution in [1.29, 1.82) is 0 Å². The van der Waals surface area contributed by atoms with Crippen molar-refractivity contribution in [3.05, 3.63) is 60.6 Å². The summed E-state index contributed by atoms with van der Waals surface area (Å²) >= 11 is 0. The SMILES string of the molecule is O=C(NN=Cc1ccc(-c2ccc(S(=O)(=O)Nc3ncccn3)cc2)o1)C12CC3CC(CC(C3)C1)C2. The summed E-state index contributed by atoms with van der Waals surface area (Å²) in [4.78, 5) is 20.9. The molecule has 4 saturated carbocycles. The van der Waals surface area contributed by atoms with Crippen LogP contribution in [0, 0.1) is 23.2 Å². The van der Waals surface area contributed by atoms with Gasteiger partial charge in [-0.3, -0.25) is 4.79 Å². The van der Waals surface area contributed by atoms with Crippen molar-refractivity contribution in [2.24, 2.45) is 28.3 Å². The number of rotatable bonds is 7. The number of nitrogens with zero attached hydrogens (tertiary/aromatic N) is 3. The van der Waals surface area contributed by atoms with Crippen molar-refractivity contribution in [2.45, 2.75) is 43.4 Å². The molecule has 4 aliphatic rings. The van der Waals surface area contributed by atoms with Gasteiger partial charge in [0.15, 0.2) is 0 Å². The number of amides is 1. The second-order valence-corrected chi connectivity index (χ2v) is 12.0. The molecule has 0 radical (unpaired) electrons. The van der Waals surface area contributed by atoms with E-state index in [1.807, 2.05) is 0 Å². The first-order chi connectivity index (χ1) is 17.4. The van der Waals surface area contributed by atoms with Gasteiger partial charge in [-0.05, 0) is 98.7 Å². The molecule has 2 aromatic heterocycles. The van der Waals surface area contributed by atoms with E-state index in [1.54, 1.807) is 30.3 Å². The first-order valence-corrected chi connectivity index (χ1v) is 13.7. The van der Waals surface area contributed by atoms with Gasteiger partial charge < -0.3 is 4.42 Å². The summed E-state index contributed by atoms with van der Waals surface area (Å²) in [5, 5.41) is 4.17. The third-order valence-corrected chi connectivity index (χ3v) is 9.09. The highest BCUT2D eigenvalue weighted by molar-refractivity contribution is 7.92. The lowest BCUT2D eigenvalue weighted by molar-refractivity contribution is -0.146. The van der Waals surface area contributed by atoms with E-state index in [0.717, 1.165) is 19.3 Å². The molecule has 4 fully saturated rings. The fourth-order valence-electron chi connectivity index (χ4n) is 6.57. The number of benzene rings is 1. The largest absolute Gasteiger partial charge is 0.455 e. The fraction of sp³-hybridized carbons (Fsp3) is 0.385. The van der Waals surface area contributed by atoms with Gasteiger partial charge in [-0.15, -0.1) is 0 Å². The summed E-state index contributed by atoms with van der Waals surface area (Å²) in [6.07, 6.45) is 11.3. The summed E-state index contributed by atoms with van der Waals surface area (Å²) in [5.41, 5.74) is 3.23. The molecular weight excluding hydrogens is 478 g/mol. The van der Waals surface area contributed by atoms with Crippen molar-refractivity contribution >= 4 is 28.1 Å². The molecule has 186 valence electrons. The smallest absolute Gasteiger partial charge is 0.264 e. The Hall–Kier alpha value is -3.53. The zero-order valence-corrected chi connectivity index (χ0v) is 20.4. The number of anilines is 1. The second-order valence-electron chi connectivity index (χ2n) is 10.3. The molecule has 36 heavy (non-hydrogen) atoms. The van der Waals surface area contributed by atoms with Crippen molar-refractivity contribution in [2.75, 3.05) is 4.72 Å². The number of aromatic nitrogens is 2. The molecule has 4 aliphatic carbocycles. The quantitative estimate of drug-likeness (QED) is 0.366. The average molecular weight is 506 g/mol. The molecule has 0 saturated heterocycles. The number of hydrogen-bond acceptors (Lipinski definition) is 7. The Labute approximate surface area is 209 Å². The average Bonchev–Trinajstić information content (AvgIpc) is 3.32. The van der Waals surface area contributed by atoms with Crippen LogP contribution in [0.15, 0.2) is 69.3 Å². The third-order valence-electron chi connectivity index (χ3n) is 7.75. The van der Waals surface area contributed by atoms with Gasteiger partial charge in [0.2, 0.25) is 11.9 Å². The van der Waals surface area contributed by atoms with E-state index in [9.17, 15) is 13.2 Å². The number of nitrogens with one attached hydrogen (secondary N) is 2. The minimum Gasteiger partial charge on any atom is -0.455 e. The lowest BCUT2D eigenvalue weighted by atomic mass is 9.49. The molecule has 1 amide bonds. The van der Waals surface area contributed by atoms with Crippen LogP contribution in [0.4, 0.5) is 5.95 Å². The molecule has 0 unspecified atom stereocenters. The summed E-state index contributed by atoms with van der Waals surface area (Å²) in [6, 6.07) is 11.4. The molecule has 9 nitrogen and oxygen atoms in total. The van der Waals surface area contributed by atoms with Crippen LogP contribution in [-0.2, 0) is 14.8 Å². The Morgan fingerprint density at radius 2 is 1.61 bits per heavy atom. The van der Waals surface area contributed by atoms with Gasteiger partial charge in [-0.2, -0.15) is 5.10 Å².